The molecule has 27 heavy (non-hydrogen) atoms. The topological polar surface area (TPSA) is 81.5 Å². The number of carbonyl (C=O) groups excluding carboxylic acids is 1. The van der Waals surface area contributed by atoms with Crippen LogP contribution in [0.1, 0.15) is 31.9 Å². The van der Waals surface area contributed by atoms with Crippen molar-refractivity contribution in [3.8, 4) is 11.8 Å². The molecule has 146 valence electrons. The van der Waals surface area contributed by atoms with Crippen LogP contribution in [0, 0.1) is 17.2 Å². The number of aromatic nitrogens is 1. The smallest absolute Gasteiger partial charge is 0.235 e. The Balaban J connectivity index is 1.47. The van der Waals surface area contributed by atoms with Gasteiger partial charge in [0.25, 0.3) is 0 Å². The molecule has 2 fully saturated rings. The van der Waals surface area contributed by atoms with E-state index in [0.29, 0.717) is 19.0 Å². The Labute approximate surface area is 161 Å². The van der Waals surface area contributed by atoms with E-state index in [1.165, 1.54) is 0 Å². The molecule has 0 spiro atoms. The number of nitriles is 1. The molecule has 2 aliphatic rings. The molecule has 1 saturated heterocycles. The van der Waals surface area contributed by atoms with Gasteiger partial charge in [0.05, 0.1) is 18.3 Å². The van der Waals surface area contributed by atoms with Crippen molar-refractivity contribution in [3.63, 3.8) is 0 Å². The molecular weight excluding hydrogens is 342 g/mol. The average Bonchev–Trinajstić information content (AvgIpc) is 3.38. The third kappa shape index (κ3) is 5.41. The van der Waals surface area contributed by atoms with Gasteiger partial charge in [0.2, 0.25) is 5.91 Å². The van der Waals surface area contributed by atoms with Gasteiger partial charge in [-0.15, -0.1) is 0 Å². The number of hydrogen-bond acceptors (Lipinski definition) is 6. The molecule has 0 bridgehead atoms. The maximum Gasteiger partial charge on any atom is 0.235 e. The second-order valence-electron chi connectivity index (χ2n) is 8.12. The lowest BCUT2D eigenvalue weighted by atomic mass is 9.98. The van der Waals surface area contributed by atoms with Crippen molar-refractivity contribution in [2.24, 2.45) is 5.92 Å². The summed E-state index contributed by atoms with van der Waals surface area (Å²) >= 11 is 0. The van der Waals surface area contributed by atoms with Crippen molar-refractivity contribution < 1.29 is 9.53 Å². The number of pyridine rings is 1. The number of amides is 1. The Hall–Kier alpha value is -2.17. The fraction of sp³-hybridized carbons (Fsp3) is 0.650. The van der Waals surface area contributed by atoms with E-state index in [9.17, 15) is 10.1 Å². The molecule has 2 heterocycles. The molecule has 0 aromatic carbocycles. The van der Waals surface area contributed by atoms with Gasteiger partial charge in [-0.05, 0) is 52.3 Å². The van der Waals surface area contributed by atoms with Crippen LogP contribution in [0.3, 0.4) is 0 Å². The molecule has 2 unspecified atom stereocenters. The largest absolute Gasteiger partial charge is 0.489 e. The number of nitrogens with zero attached hydrogens (tertiary/aromatic N) is 4. The summed E-state index contributed by atoms with van der Waals surface area (Å²) in [7, 11) is 4.02. The zero-order chi connectivity index (χ0) is 19.4. The predicted molar refractivity (Wildman–Crippen MR) is 102 cm³/mol. The number of hydrogen-bond donors (Lipinski definition) is 1. The van der Waals surface area contributed by atoms with Gasteiger partial charge in [0.15, 0.2) is 0 Å². The highest BCUT2D eigenvalue weighted by Gasteiger charge is 2.43. The van der Waals surface area contributed by atoms with Gasteiger partial charge < -0.3 is 15.0 Å². The summed E-state index contributed by atoms with van der Waals surface area (Å²) in [5.74, 6) is 1.04. The standard InChI is InChI=1S/C20H29N5O2/c1-20(14-21,15-4-5-15)23-19(26)13-25-9-7-18(12-25)27-17-6-8-22-16(10-17)11-24(2)3/h6,8,10,15,18H,4-5,7,9,11-13H2,1-3H3,(H,23,26). The van der Waals surface area contributed by atoms with E-state index in [4.69, 9.17) is 4.74 Å². The first-order chi connectivity index (χ1) is 12.9. The number of rotatable bonds is 8. The first-order valence-electron chi connectivity index (χ1n) is 9.59. The molecule has 1 amide bonds. The summed E-state index contributed by atoms with van der Waals surface area (Å²) < 4.78 is 6.10. The van der Waals surface area contributed by atoms with Crippen LogP contribution >= 0.6 is 0 Å². The van der Waals surface area contributed by atoms with Crippen LogP contribution < -0.4 is 10.1 Å². The Morgan fingerprint density at radius 2 is 2.26 bits per heavy atom. The van der Waals surface area contributed by atoms with E-state index in [2.05, 4.69) is 26.2 Å². The Morgan fingerprint density at radius 3 is 2.93 bits per heavy atom. The molecule has 1 aromatic rings. The van der Waals surface area contributed by atoms with Gasteiger partial charge >= 0.3 is 0 Å². The minimum absolute atomic E-state index is 0.0678. The van der Waals surface area contributed by atoms with Crippen LogP contribution in [0.2, 0.25) is 0 Å². The van der Waals surface area contributed by atoms with Crippen LogP contribution in [0.4, 0.5) is 0 Å². The Bertz CT molecular complexity index is 713. The molecular formula is C20H29N5O2. The van der Waals surface area contributed by atoms with E-state index < -0.39 is 5.54 Å². The van der Waals surface area contributed by atoms with Gasteiger partial charge in [-0.2, -0.15) is 5.26 Å². The first kappa shape index (κ1) is 19.6. The van der Waals surface area contributed by atoms with Crippen molar-refractivity contribution in [1.29, 1.82) is 5.26 Å². The van der Waals surface area contributed by atoms with Gasteiger partial charge in [-0.3, -0.25) is 14.7 Å². The summed E-state index contributed by atoms with van der Waals surface area (Å²) in [4.78, 5) is 20.9. The second kappa shape index (κ2) is 8.24. The molecule has 0 radical (unpaired) electrons. The van der Waals surface area contributed by atoms with Gasteiger partial charge in [-0.1, -0.05) is 0 Å². The monoisotopic (exact) mass is 371 g/mol. The SMILES string of the molecule is CN(C)Cc1cc(OC2CCN(CC(=O)NC(C)(C#N)C3CC3)C2)ccn1. The average molecular weight is 371 g/mol. The number of ether oxygens (including phenoxy) is 1. The third-order valence-electron chi connectivity index (χ3n) is 5.19. The Kier molecular flexibility index (Phi) is 5.98. The highest BCUT2D eigenvalue weighted by molar-refractivity contribution is 5.79. The number of likely N-dealkylation sites (tertiary alicyclic amines) is 1. The number of carbonyl (C=O) groups is 1. The minimum atomic E-state index is -0.730. The van der Waals surface area contributed by atoms with Crippen molar-refractivity contribution >= 4 is 5.91 Å². The molecule has 1 aliphatic heterocycles. The van der Waals surface area contributed by atoms with E-state index >= 15 is 0 Å². The molecule has 3 rings (SSSR count). The van der Waals surface area contributed by atoms with Crippen molar-refractivity contribution in [3.05, 3.63) is 24.0 Å². The van der Waals surface area contributed by atoms with Gasteiger partial charge in [-0.25, -0.2) is 0 Å². The van der Waals surface area contributed by atoms with E-state index in [1.54, 1.807) is 6.20 Å². The molecule has 1 saturated carbocycles. The molecule has 1 N–H and O–H groups in total. The minimum Gasteiger partial charge on any atom is -0.489 e. The molecule has 7 heteroatoms. The summed E-state index contributed by atoms with van der Waals surface area (Å²) in [5, 5.41) is 12.3. The molecule has 7 nitrogen and oxygen atoms in total. The lowest BCUT2D eigenvalue weighted by molar-refractivity contribution is -0.123. The fourth-order valence-corrected chi connectivity index (χ4v) is 3.58. The quantitative estimate of drug-likeness (QED) is 0.744. The van der Waals surface area contributed by atoms with Crippen LogP contribution in [-0.2, 0) is 11.3 Å². The Morgan fingerprint density at radius 1 is 1.48 bits per heavy atom. The molecule has 2 atom stereocenters. The van der Waals surface area contributed by atoms with Crippen molar-refractivity contribution in [1.82, 2.24) is 20.1 Å². The van der Waals surface area contributed by atoms with Gasteiger partial charge in [0, 0.05) is 31.9 Å². The van der Waals surface area contributed by atoms with E-state index in [0.717, 1.165) is 43.8 Å². The van der Waals surface area contributed by atoms with Gasteiger partial charge in [0.1, 0.15) is 17.4 Å². The first-order valence-corrected chi connectivity index (χ1v) is 9.59. The maximum atomic E-state index is 12.4. The van der Waals surface area contributed by atoms with Crippen LogP contribution in [-0.4, -0.2) is 66.1 Å². The molecule has 1 aliphatic carbocycles. The summed E-state index contributed by atoms with van der Waals surface area (Å²) in [6.07, 6.45) is 4.77. The summed E-state index contributed by atoms with van der Waals surface area (Å²) in [6.45, 7) is 4.44. The van der Waals surface area contributed by atoms with Crippen LogP contribution in [0.15, 0.2) is 18.3 Å². The highest BCUT2D eigenvalue weighted by atomic mass is 16.5. The summed E-state index contributed by atoms with van der Waals surface area (Å²) in [5.41, 5.74) is 0.245. The van der Waals surface area contributed by atoms with Crippen molar-refractivity contribution in [2.45, 2.75) is 44.4 Å². The lowest BCUT2D eigenvalue weighted by Crippen LogP contribution is -2.50. The van der Waals surface area contributed by atoms with E-state index in [-0.39, 0.29) is 12.0 Å². The lowest BCUT2D eigenvalue weighted by Gasteiger charge is -2.24. The zero-order valence-electron chi connectivity index (χ0n) is 16.4. The second-order valence-corrected chi connectivity index (χ2v) is 8.12. The van der Waals surface area contributed by atoms with E-state index in [1.807, 2.05) is 33.2 Å². The van der Waals surface area contributed by atoms with Crippen LogP contribution in [0.25, 0.3) is 0 Å². The van der Waals surface area contributed by atoms with Crippen LogP contribution in [0.5, 0.6) is 5.75 Å². The summed E-state index contributed by atoms with van der Waals surface area (Å²) in [6, 6.07) is 6.12. The normalized spacial score (nSPS) is 22.3. The fourth-order valence-electron chi connectivity index (χ4n) is 3.58. The number of nitrogens with one attached hydrogen (secondary N) is 1. The van der Waals surface area contributed by atoms with Crippen molar-refractivity contribution in [2.75, 3.05) is 33.7 Å². The third-order valence-corrected chi connectivity index (χ3v) is 5.19. The predicted octanol–water partition coefficient (Wildman–Crippen LogP) is 1.40. The molecule has 1 aromatic heterocycles. The maximum absolute atomic E-state index is 12.4. The highest BCUT2D eigenvalue weighted by Crippen LogP contribution is 2.39. The zero-order valence-corrected chi connectivity index (χ0v) is 16.4.